The summed E-state index contributed by atoms with van der Waals surface area (Å²) in [4.78, 5) is 33.9. The van der Waals surface area contributed by atoms with E-state index < -0.39 is 5.97 Å². The monoisotopic (exact) mass is 427 g/mol. The molecule has 0 aliphatic carbocycles. The minimum atomic E-state index is -0.486. The highest BCUT2D eigenvalue weighted by Crippen LogP contribution is 2.25. The first-order valence-corrected chi connectivity index (χ1v) is 10.9. The van der Waals surface area contributed by atoms with Gasteiger partial charge in [-0.1, -0.05) is 48.2 Å². The fourth-order valence-electron chi connectivity index (χ4n) is 2.69. The summed E-state index contributed by atoms with van der Waals surface area (Å²) < 4.78 is 5.12. The fraction of sp³-hybridized carbons (Fsp3) is 0.238. The molecule has 0 fully saturated rings. The topological polar surface area (TPSA) is 81.2 Å². The molecule has 150 valence electrons. The van der Waals surface area contributed by atoms with Crippen LogP contribution in [0.3, 0.4) is 0 Å². The van der Waals surface area contributed by atoms with E-state index >= 15 is 0 Å². The van der Waals surface area contributed by atoms with Crippen LogP contribution in [0.5, 0.6) is 0 Å². The predicted molar refractivity (Wildman–Crippen MR) is 114 cm³/mol. The van der Waals surface area contributed by atoms with Gasteiger partial charge >= 0.3 is 5.97 Å². The number of rotatable bonds is 8. The summed E-state index contributed by atoms with van der Waals surface area (Å²) in [5.41, 5.74) is 2.65. The van der Waals surface area contributed by atoms with Gasteiger partial charge in [-0.15, -0.1) is 11.3 Å². The number of esters is 1. The van der Waals surface area contributed by atoms with Crippen molar-refractivity contribution in [2.45, 2.75) is 25.0 Å². The smallest absolute Gasteiger partial charge is 0.316 e. The molecular weight excluding hydrogens is 406 g/mol. The Bertz CT molecular complexity index is 942. The van der Waals surface area contributed by atoms with Crippen LogP contribution >= 0.6 is 23.1 Å². The van der Waals surface area contributed by atoms with E-state index in [1.54, 1.807) is 11.3 Å². The molecule has 1 unspecified atom stereocenters. The van der Waals surface area contributed by atoms with Crippen molar-refractivity contribution in [1.29, 1.82) is 0 Å². The number of nitrogens with zero attached hydrogens (tertiary/aromatic N) is 2. The number of hydrogen-bond acceptors (Lipinski definition) is 7. The van der Waals surface area contributed by atoms with Gasteiger partial charge in [0.25, 0.3) is 5.91 Å². The minimum absolute atomic E-state index is 0.0449. The van der Waals surface area contributed by atoms with Crippen molar-refractivity contribution in [1.82, 2.24) is 15.3 Å². The highest BCUT2D eigenvalue weighted by Gasteiger charge is 2.18. The van der Waals surface area contributed by atoms with Gasteiger partial charge in [0.1, 0.15) is 0 Å². The van der Waals surface area contributed by atoms with Crippen LogP contribution in [0.15, 0.2) is 59.1 Å². The second-order valence-electron chi connectivity index (χ2n) is 6.31. The second-order valence-corrected chi connectivity index (χ2v) is 8.23. The summed E-state index contributed by atoms with van der Waals surface area (Å²) in [6.07, 6.45) is 0. The quantitative estimate of drug-likeness (QED) is 0.335. The van der Waals surface area contributed by atoms with E-state index in [2.05, 4.69) is 15.3 Å². The largest absolute Gasteiger partial charge is 0.455 e. The number of thiophene rings is 1. The van der Waals surface area contributed by atoms with Gasteiger partial charge in [0.2, 0.25) is 0 Å². The van der Waals surface area contributed by atoms with E-state index in [1.165, 1.54) is 11.8 Å². The van der Waals surface area contributed by atoms with Gasteiger partial charge in [0.15, 0.2) is 11.8 Å². The van der Waals surface area contributed by atoms with Crippen molar-refractivity contribution < 1.29 is 14.3 Å². The molecule has 0 saturated heterocycles. The Hall–Kier alpha value is -2.71. The lowest BCUT2D eigenvalue weighted by molar-refractivity contribution is -0.146. The molecule has 6 nitrogen and oxygen atoms in total. The summed E-state index contributed by atoms with van der Waals surface area (Å²) >= 11 is 2.75. The lowest BCUT2D eigenvalue weighted by Crippen LogP contribution is -2.33. The molecule has 1 amide bonds. The van der Waals surface area contributed by atoms with Crippen LogP contribution in [0.1, 0.15) is 27.9 Å². The first-order valence-electron chi connectivity index (χ1n) is 8.99. The number of nitrogens with one attached hydrogen (secondary N) is 1. The normalized spacial score (nSPS) is 11.7. The number of hydrogen-bond donors (Lipinski definition) is 1. The van der Waals surface area contributed by atoms with Gasteiger partial charge in [-0.3, -0.25) is 9.59 Å². The summed E-state index contributed by atoms with van der Waals surface area (Å²) in [7, 11) is 0. The number of benzene rings is 1. The van der Waals surface area contributed by atoms with Gasteiger partial charge in [-0.25, -0.2) is 9.97 Å². The van der Waals surface area contributed by atoms with Crippen LogP contribution in [0, 0.1) is 13.8 Å². The number of carbonyl (C=O) groups excluding carboxylic acids is 2. The van der Waals surface area contributed by atoms with Gasteiger partial charge in [-0.2, -0.15) is 0 Å². The lowest BCUT2D eigenvalue weighted by atomic mass is 10.1. The number of carbonyl (C=O) groups is 2. The Morgan fingerprint density at radius 3 is 2.48 bits per heavy atom. The van der Waals surface area contributed by atoms with E-state index in [0.29, 0.717) is 5.16 Å². The van der Waals surface area contributed by atoms with E-state index in [0.717, 1.165) is 21.8 Å². The summed E-state index contributed by atoms with van der Waals surface area (Å²) in [5, 5.41) is 5.42. The Morgan fingerprint density at radius 2 is 1.83 bits per heavy atom. The van der Waals surface area contributed by atoms with Crippen LogP contribution in [0.4, 0.5) is 0 Å². The maximum absolute atomic E-state index is 12.4. The first-order chi connectivity index (χ1) is 14.0. The third-order valence-electron chi connectivity index (χ3n) is 3.91. The average Bonchev–Trinajstić information content (AvgIpc) is 3.23. The molecular formula is C21H21N3O3S2. The lowest BCUT2D eigenvalue weighted by Gasteiger charge is -2.18. The Morgan fingerprint density at radius 1 is 1.10 bits per heavy atom. The average molecular weight is 428 g/mol. The van der Waals surface area contributed by atoms with Crippen LogP contribution in [-0.2, 0) is 14.3 Å². The molecule has 3 aromatic rings. The summed E-state index contributed by atoms with van der Waals surface area (Å²) in [6, 6.07) is 15.2. The van der Waals surface area contributed by atoms with Gasteiger partial charge in [0.05, 0.1) is 11.8 Å². The van der Waals surface area contributed by atoms with E-state index in [1.807, 2.05) is 67.8 Å². The third-order valence-corrected chi connectivity index (χ3v) is 5.67. The van der Waals surface area contributed by atoms with E-state index in [9.17, 15) is 9.59 Å². The van der Waals surface area contributed by atoms with Gasteiger partial charge in [0, 0.05) is 16.3 Å². The summed E-state index contributed by atoms with van der Waals surface area (Å²) in [6.45, 7) is 3.41. The second kappa shape index (κ2) is 10.2. The fourth-order valence-corrected chi connectivity index (χ4v) is 4.24. The third kappa shape index (κ3) is 6.40. The number of ether oxygens (including phenoxy) is 1. The Kier molecular flexibility index (Phi) is 7.37. The minimum Gasteiger partial charge on any atom is -0.455 e. The Labute approximate surface area is 177 Å². The molecule has 2 heterocycles. The maximum Gasteiger partial charge on any atom is 0.316 e. The van der Waals surface area contributed by atoms with Crippen LogP contribution in [-0.4, -0.2) is 34.2 Å². The molecule has 29 heavy (non-hydrogen) atoms. The van der Waals surface area contributed by atoms with Crippen molar-refractivity contribution >= 4 is 35.0 Å². The molecule has 1 atom stereocenters. The van der Waals surface area contributed by atoms with Gasteiger partial charge < -0.3 is 10.1 Å². The van der Waals surface area contributed by atoms with Crippen molar-refractivity contribution in [3.05, 3.63) is 75.7 Å². The number of amides is 1. The van der Waals surface area contributed by atoms with Crippen LogP contribution in [0.25, 0.3) is 0 Å². The molecule has 0 spiro atoms. The van der Waals surface area contributed by atoms with Crippen molar-refractivity contribution in [3.63, 3.8) is 0 Å². The standard InChI is InChI=1S/C21H21N3O3S2/c1-14-11-15(2)23-21(22-14)29-13-19(26)27-12-18(25)24-20(17-9-6-10-28-17)16-7-4-3-5-8-16/h3-11,20H,12-13H2,1-2H3,(H,24,25). The van der Waals surface area contributed by atoms with Crippen molar-refractivity contribution in [2.24, 2.45) is 0 Å². The molecule has 2 aromatic heterocycles. The molecule has 3 rings (SSSR count). The number of aromatic nitrogens is 2. The SMILES string of the molecule is Cc1cc(C)nc(SCC(=O)OCC(=O)NC(c2ccccc2)c2cccs2)n1. The Balaban J connectivity index is 1.52. The molecule has 0 aliphatic rings. The zero-order valence-electron chi connectivity index (χ0n) is 16.1. The molecule has 0 radical (unpaired) electrons. The number of aryl methyl sites for hydroxylation is 2. The van der Waals surface area contributed by atoms with Crippen LogP contribution in [0.2, 0.25) is 0 Å². The zero-order chi connectivity index (χ0) is 20.6. The maximum atomic E-state index is 12.4. The number of thioether (sulfide) groups is 1. The molecule has 0 bridgehead atoms. The van der Waals surface area contributed by atoms with Crippen molar-refractivity contribution in [3.8, 4) is 0 Å². The van der Waals surface area contributed by atoms with Crippen molar-refractivity contribution in [2.75, 3.05) is 12.4 Å². The van der Waals surface area contributed by atoms with Crippen LogP contribution < -0.4 is 5.32 Å². The molecule has 1 aromatic carbocycles. The zero-order valence-corrected chi connectivity index (χ0v) is 17.8. The predicted octanol–water partition coefficient (Wildman–Crippen LogP) is 3.70. The summed E-state index contributed by atoms with van der Waals surface area (Å²) in [5.74, 6) is -0.794. The molecule has 1 N–H and O–H groups in total. The van der Waals surface area contributed by atoms with E-state index in [-0.39, 0.29) is 24.3 Å². The highest BCUT2D eigenvalue weighted by molar-refractivity contribution is 7.99. The molecule has 0 aliphatic heterocycles. The van der Waals surface area contributed by atoms with Gasteiger partial charge in [-0.05, 0) is 36.9 Å². The molecule has 0 saturated carbocycles. The van der Waals surface area contributed by atoms with E-state index in [4.69, 9.17) is 4.74 Å². The first kappa shape index (κ1) is 21.0. The highest BCUT2D eigenvalue weighted by atomic mass is 32.2. The molecule has 8 heteroatoms.